The Hall–Kier alpha value is -3.52. The van der Waals surface area contributed by atoms with Crippen LogP contribution in [0.3, 0.4) is 0 Å². The second-order valence-corrected chi connectivity index (χ2v) is 8.90. The third-order valence-electron chi connectivity index (χ3n) is 4.62. The topological polar surface area (TPSA) is 78.8 Å². The summed E-state index contributed by atoms with van der Waals surface area (Å²) in [6.45, 7) is 2.11. The molecule has 0 saturated carbocycles. The Morgan fingerprint density at radius 2 is 1.77 bits per heavy atom. The summed E-state index contributed by atoms with van der Waals surface area (Å²) in [7, 11) is -3.54. The molecule has 160 valence electrons. The van der Waals surface area contributed by atoms with E-state index in [2.05, 4.69) is 10.5 Å². The first-order valence-corrected chi connectivity index (χ1v) is 11.3. The number of carbonyl (C=O) groups excluding carboxylic acids is 1. The number of sulfonamides is 1. The SMILES string of the molecule is Cc1ccccc1CN(c1ccc(C(=O)N/N=C\c2cccc(F)c2)cc1)S(C)(=O)=O. The predicted octanol–water partition coefficient (Wildman–Crippen LogP) is 3.86. The molecular weight excluding hydrogens is 417 g/mol. The first kappa shape index (κ1) is 22.2. The molecule has 0 bridgehead atoms. The minimum Gasteiger partial charge on any atom is -0.267 e. The van der Waals surface area contributed by atoms with E-state index in [1.807, 2.05) is 31.2 Å². The average molecular weight is 440 g/mol. The third kappa shape index (κ3) is 5.99. The highest BCUT2D eigenvalue weighted by Gasteiger charge is 2.19. The highest BCUT2D eigenvalue weighted by atomic mass is 32.2. The number of anilines is 1. The van der Waals surface area contributed by atoms with Gasteiger partial charge in [-0.1, -0.05) is 36.4 Å². The van der Waals surface area contributed by atoms with Crippen LogP contribution in [0, 0.1) is 12.7 Å². The first-order chi connectivity index (χ1) is 14.7. The maximum Gasteiger partial charge on any atom is 0.271 e. The summed E-state index contributed by atoms with van der Waals surface area (Å²) < 4.78 is 39.2. The van der Waals surface area contributed by atoms with Gasteiger partial charge in [0.15, 0.2) is 0 Å². The van der Waals surface area contributed by atoms with Crippen molar-refractivity contribution in [1.82, 2.24) is 5.43 Å². The molecular formula is C23H22FN3O3S. The standard InChI is InChI=1S/C23H22FN3O3S/c1-17-6-3-4-8-20(17)16-27(31(2,29)30)22-12-10-19(11-13-22)23(28)26-25-15-18-7-5-9-21(24)14-18/h3-15H,16H2,1-2H3,(H,26,28)/b25-15-. The molecule has 6 nitrogen and oxygen atoms in total. The minimum absolute atomic E-state index is 0.189. The van der Waals surface area contributed by atoms with E-state index in [1.54, 1.807) is 24.3 Å². The van der Waals surface area contributed by atoms with Gasteiger partial charge < -0.3 is 0 Å². The molecule has 0 aliphatic carbocycles. The van der Waals surface area contributed by atoms with Crippen molar-refractivity contribution < 1.29 is 17.6 Å². The molecule has 0 spiro atoms. The molecule has 0 heterocycles. The molecule has 0 atom stereocenters. The van der Waals surface area contributed by atoms with Gasteiger partial charge >= 0.3 is 0 Å². The number of nitrogens with one attached hydrogen (secondary N) is 1. The van der Waals surface area contributed by atoms with Crippen LogP contribution in [0.25, 0.3) is 0 Å². The second-order valence-electron chi connectivity index (χ2n) is 7.00. The highest BCUT2D eigenvalue weighted by Crippen LogP contribution is 2.22. The van der Waals surface area contributed by atoms with E-state index in [0.717, 1.165) is 17.4 Å². The number of hydrogen-bond acceptors (Lipinski definition) is 4. The number of hydrogen-bond donors (Lipinski definition) is 1. The fraction of sp³-hybridized carbons (Fsp3) is 0.130. The van der Waals surface area contributed by atoms with Crippen molar-refractivity contribution in [2.45, 2.75) is 13.5 Å². The molecule has 3 rings (SSSR count). The van der Waals surface area contributed by atoms with Gasteiger partial charge in [0.25, 0.3) is 5.91 Å². The number of aryl methyl sites for hydroxylation is 1. The number of carbonyl (C=O) groups is 1. The summed E-state index contributed by atoms with van der Waals surface area (Å²) in [6.07, 6.45) is 2.48. The van der Waals surface area contributed by atoms with Crippen molar-refractivity contribution >= 4 is 27.8 Å². The molecule has 3 aromatic rings. The summed E-state index contributed by atoms with van der Waals surface area (Å²) in [4.78, 5) is 12.3. The summed E-state index contributed by atoms with van der Waals surface area (Å²) >= 11 is 0. The molecule has 0 aromatic heterocycles. The quantitative estimate of drug-likeness (QED) is 0.448. The molecule has 1 amide bonds. The van der Waals surface area contributed by atoms with Gasteiger partial charge in [0.1, 0.15) is 5.82 Å². The van der Waals surface area contributed by atoms with Gasteiger partial charge in [0.05, 0.1) is 24.7 Å². The van der Waals surface area contributed by atoms with E-state index >= 15 is 0 Å². The number of benzene rings is 3. The van der Waals surface area contributed by atoms with E-state index in [4.69, 9.17) is 0 Å². The van der Waals surface area contributed by atoms with Crippen molar-refractivity contribution in [3.63, 3.8) is 0 Å². The number of nitrogens with zero attached hydrogens (tertiary/aromatic N) is 2. The Morgan fingerprint density at radius 1 is 1.06 bits per heavy atom. The molecule has 31 heavy (non-hydrogen) atoms. The first-order valence-electron chi connectivity index (χ1n) is 9.45. The van der Waals surface area contributed by atoms with Gasteiger partial charge in [0, 0.05) is 5.56 Å². The van der Waals surface area contributed by atoms with E-state index < -0.39 is 21.7 Å². The largest absolute Gasteiger partial charge is 0.271 e. The maximum absolute atomic E-state index is 13.2. The molecule has 0 aliphatic heterocycles. The Morgan fingerprint density at radius 3 is 2.42 bits per heavy atom. The second kappa shape index (κ2) is 9.53. The molecule has 0 fully saturated rings. The zero-order valence-electron chi connectivity index (χ0n) is 17.1. The lowest BCUT2D eigenvalue weighted by Gasteiger charge is -2.23. The van der Waals surface area contributed by atoms with Crippen LogP contribution in [0.2, 0.25) is 0 Å². The summed E-state index contributed by atoms with van der Waals surface area (Å²) in [5, 5.41) is 3.82. The Bertz CT molecular complexity index is 1210. The van der Waals surface area contributed by atoms with Crippen molar-refractivity contribution in [1.29, 1.82) is 0 Å². The molecule has 0 unspecified atom stereocenters. The minimum atomic E-state index is -3.54. The Kier molecular flexibility index (Phi) is 6.81. The zero-order chi connectivity index (χ0) is 22.4. The van der Waals surface area contributed by atoms with Crippen molar-refractivity contribution in [2.24, 2.45) is 5.10 Å². The van der Waals surface area contributed by atoms with Gasteiger partial charge in [-0.15, -0.1) is 0 Å². The van der Waals surface area contributed by atoms with Crippen LogP contribution in [0.5, 0.6) is 0 Å². The van der Waals surface area contributed by atoms with Gasteiger partial charge in [-0.05, 0) is 60.0 Å². The predicted molar refractivity (Wildman–Crippen MR) is 120 cm³/mol. The Labute approximate surface area is 181 Å². The lowest BCUT2D eigenvalue weighted by Crippen LogP contribution is -2.29. The van der Waals surface area contributed by atoms with Gasteiger partial charge in [-0.3, -0.25) is 9.10 Å². The van der Waals surface area contributed by atoms with Crippen LogP contribution in [0.4, 0.5) is 10.1 Å². The van der Waals surface area contributed by atoms with Crippen LogP contribution in [-0.2, 0) is 16.6 Å². The number of rotatable bonds is 7. The Balaban J connectivity index is 1.73. The summed E-state index contributed by atoms with van der Waals surface area (Å²) in [5.41, 5.74) is 5.52. The molecule has 0 saturated heterocycles. The average Bonchev–Trinajstić information content (AvgIpc) is 2.72. The van der Waals surface area contributed by atoms with Crippen molar-refractivity contribution in [3.05, 3.63) is 101 Å². The number of hydrazone groups is 1. The molecule has 3 aromatic carbocycles. The fourth-order valence-corrected chi connectivity index (χ4v) is 3.82. The molecule has 1 N–H and O–H groups in total. The van der Waals surface area contributed by atoms with Gasteiger partial charge in [-0.2, -0.15) is 5.10 Å². The molecule has 0 radical (unpaired) electrons. The maximum atomic E-state index is 13.2. The lowest BCUT2D eigenvalue weighted by atomic mass is 10.1. The van der Waals surface area contributed by atoms with Crippen LogP contribution >= 0.6 is 0 Å². The van der Waals surface area contributed by atoms with Gasteiger partial charge in [0.2, 0.25) is 10.0 Å². The zero-order valence-corrected chi connectivity index (χ0v) is 17.9. The van der Waals surface area contributed by atoms with Crippen LogP contribution in [0.1, 0.15) is 27.0 Å². The lowest BCUT2D eigenvalue weighted by molar-refractivity contribution is 0.0955. The summed E-state index contributed by atoms with van der Waals surface area (Å²) in [5.74, 6) is -0.865. The van der Waals surface area contributed by atoms with Gasteiger partial charge in [-0.25, -0.2) is 18.2 Å². The normalized spacial score (nSPS) is 11.5. The van der Waals surface area contributed by atoms with E-state index in [9.17, 15) is 17.6 Å². The molecule has 0 aliphatic rings. The third-order valence-corrected chi connectivity index (χ3v) is 5.76. The van der Waals surface area contributed by atoms with Crippen LogP contribution in [0.15, 0.2) is 77.9 Å². The fourth-order valence-electron chi connectivity index (χ4n) is 2.94. The van der Waals surface area contributed by atoms with Crippen LogP contribution < -0.4 is 9.73 Å². The van der Waals surface area contributed by atoms with E-state index in [0.29, 0.717) is 16.8 Å². The van der Waals surface area contributed by atoms with Crippen molar-refractivity contribution in [2.75, 3.05) is 10.6 Å². The van der Waals surface area contributed by atoms with Crippen molar-refractivity contribution in [3.8, 4) is 0 Å². The monoisotopic (exact) mass is 439 g/mol. The van der Waals surface area contributed by atoms with Crippen LogP contribution in [-0.4, -0.2) is 26.8 Å². The summed E-state index contributed by atoms with van der Waals surface area (Å²) in [6, 6.07) is 19.6. The smallest absolute Gasteiger partial charge is 0.267 e. The number of halogens is 1. The highest BCUT2D eigenvalue weighted by molar-refractivity contribution is 7.92. The number of amides is 1. The van der Waals surface area contributed by atoms with E-state index in [1.165, 1.54) is 34.8 Å². The molecule has 8 heteroatoms. The van der Waals surface area contributed by atoms with E-state index in [-0.39, 0.29) is 6.54 Å².